The Kier molecular flexibility index (Phi) is 4.74. The highest BCUT2D eigenvalue weighted by atomic mass is 35.5. The van der Waals surface area contributed by atoms with Gasteiger partial charge in [0, 0.05) is 23.9 Å². The zero-order chi connectivity index (χ0) is 17.1. The predicted molar refractivity (Wildman–Crippen MR) is 95.0 cm³/mol. The molecule has 24 heavy (non-hydrogen) atoms. The number of ether oxygens (including phenoxy) is 1. The summed E-state index contributed by atoms with van der Waals surface area (Å²) in [6, 6.07) is 12.3. The van der Waals surface area contributed by atoms with Gasteiger partial charge < -0.3 is 20.5 Å². The first-order chi connectivity index (χ1) is 11.6. The van der Waals surface area contributed by atoms with Crippen LogP contribution >= 0.6 is 11.6 Å². The number of fused-ring (bicyclic) bond motifs is 1. The van der Waals surface area contributed by atoms with E-state index in [1.165, 1.54) is 0 Å². The third-order valence-corrected chi connectivity index (χ3v) is 3.91. The molecule has 0 fully saturated rings. The van der Waals surface area contributed by atoms with Crippen LogP contribution in [0.4, 0.5) is 11.4 Å². The lowest BCUT2D eigenvalue weighted by Crippen LogP contribution is -2.38. The van der Waals surface area contributed by atoms with Crippen molar-refractivity contribution >= 4 is 35.0 Å². The summed E-state index contributed by atoms with van der Waals surface area (Å²) in [6.07, 6.45) is 2.14. The van der Waals surface area contributed by atoms with Crippen LogP contribution in [-0.2, 0) is 4.79 Å². The van der Waals surface area contributed by atoms with Crippen LogP contribution in [0.1, 0.15) is 12.0 Å². The standard InChI is InChI=1S/C18H17ClN2O3/c19-13-4-2-12(3-5-13)10-17-18(23)21(8-1-9-22)15-11-14(20)6-7-16(15)24-17/h2-7,10-11,22H,1,8-9,20H2/b17-10+. The fourth-order valence-electron chi connectivity index (χ4n) is 2.49. The number of carbonyl (C=O) groups is 1. The Morgan fingerprint density at radius 2 is 1.96 bits per heavy atom. The minimum atomic E-state index is -0.267. The van der Waals surface area contributed by atoms with Crippen molar-refractivity contribution in [1.29, 1.82) is 0 Å². The summed E-state index contributed by atoms with van der Waals surface area (Å²) in [5, 5.41) is 9.72. The van der Waals surface area contributed by atoms with E-state index in [2.05, 4.69) is 0 Å². The second-order valence-electron chi connectivity index (χ2n) is 5.42. The number of hydrogen-bond acceptors (Lipinski definition) is 4. The van der Waals surface area contributed by atoms with Crippen molar-refractivity contribution < 1.29 is 14.6 Å². The van der Waals surface area contributed by atoms with Gasteiger partial charge in [-0.25, -0.2) is 0 Å². The quantitative estimate of drug-likeness (QED) is 0.660. The first-order valence-electron chi connectivity index (χ1n) is 7.56. The van der Waals surface area contributed by atoms with Crippen molar-refractivity contribution in [1.82, 2.24) is 0 Å². The molecule has 0 aliphatic carbocycles. The van der Waals surface area contributed by atoms with Crippen LogP contribution in [0.3, 0.4) is 0 Å². The number of nitrogens with two attached hydrogens (primary N) is 1. The van der Waals surface area contributed by atoms with E-state index < -0.39 is 0 Å². The summed E-state index contributed by atoms with van der Waals surface area (Å²) in [6.45, 7) is 0.381. The Morgan fingerprint density at radius 1 is 1.21 bits per heavy atom. The lowest BCUT2D eigenvalue weighted by Gasteiger charge is -2.30. The summed E-state index contributed by atoms with van der Waals surface area (Å²) >= 11 is 5.88. The second-order valence-corrected chi connectivity index (χ2v) is 5.86. The Balaban J connectivity index is 1.99. The van der Waals surface area contributed by atoms with Crippen LogP contribution in [0.2, 0.25) is 5.02 Å². The van der Waals surface area contributed by atoms with Crippen molar-refractivity contribution in [2.45, 2.75) is 6.42 Å². The molecule has 0 spiro atoms. The molecule has 0 saturated heterocycles. The number of aliphatic hydroxyl groups excluding tert-OH is 1. The molecule has 3 rings (SSSR count). The molecule has 1 aliphatic rings. The third kappa shape index (κ3) is 3.37. The second kappa shape index (κ2) is 6.95. The maximum atomic E-state index is 12.8. The smallest absolute Gasteiger partial charge is 0.294 e. The fraction of sp³-hybridized carbons (Fsp3) is 0.167. The van der Waals surface area contributed by atoms with Crippen molar-refractivity contribution in [3.05, 3.63) is 58.8 Å². The van der Waals surface area contributed by atoms with Gasteiger partial charge in [-0.2, -0.15) is 0 Å². The highest BCUT2D eigenvalue weighted by Gasteiger charge is 2.30. The van der Waals surface area contributed by atoms with Gasteiger partial charge in [0.25, 0.3) is 5.91 Å². The van der Waals surface area contributed by atoms with E-state index in [0.29, 0.717) is 35.1 Å². The Morgan fingerprint density at radius 3 is 2.67 bits per heavy atom. The number of amides is 1. The molecule has 2 aromatic carbocycles. The molecule has 0 aromatic heterocycles. The van der Waals surface area contributed by atoms with Crippen LogP contribution in [-0.4, -0.2) is 24.2 Å². The minimum Gasteiger partial charge on any atom is -0.449 e. The molecule has 1 amide bonds. The Hall–Kier alpha value is -2.50. The summed E-state index contributed by atoms with van der Waals surface area (Å²) in [7, 11) is 0. The predicted octanol–water partition coefficient (Wildman–Crippen LogP) is 3.07. The van der Waals surface area contributed by atoms with E-state index in [1.807, 2.05) is 12.1 Å². The lowest BCUT2D eigenvalue weighted by molar-refractivity contribution is -0.117. The number of aliphatic hydroxyl groups is 1. The van der Waals surface area contributed by atoms with E-state index in [4.69, 9.17) is 27.2 Å². The van der Waals surface area contributed by atoms with Gasteiger partial charge in [0.1, 0.15) is 0 Å². The van der Waals surface area contributed by atoms with E-state index in [0.717, 1.165) is 5.56 Å². The van der Waals surface area contributed by atoms with Crippen LogP contribution in [0.15, 0.2) is 48.2 Å². The van der Waals surface area contributed by atoms with Crippen molar-refractivity contribution in [2.24, 2.45) is 0 Å². The molecule has 0 bridgehead atoms. The molecule has 2 aromatic rings. The molecule has 0 saturated carbocycles. The first kappa shape index (κ1) is 16.4. The molecule has 0 radical (unpaired) electrons. The van der Waals surface area contributed by atoms with E-state index in [9.17, 15) is 4.79 Å². The molecule has 3 N–H and O–H groups in total. The van der Waals surface area contributed by atoms with Gasteiger partial charge in [0.05, 0.1) is 5.69 Å². The van der Waals surface area contributed by atoms with Gasteiger partial charge in [0.2, 0.25) is 0 Å². The largest absolute Gasteiger partial charge is 0.449 e. The number of nitrogens with zero attached hydrogens (tertiary/aromatic N) is 1. The topological polar surface area (TPSA) is 75.8 Å². The van der Waals surface area contributed by atoms with Gasteiger partial charge in [-0.3, -0.25) is 4.79 Å². The summed E-state index contributed by atoms with van der Waals surface area (Å²) in [5.74, 6) is 0.506. The lowest BCUT2D eigenvalue weighted by atomic mass is 10.1. The number of anilines is 2. The van der Waals surface area contributed by atoms with Gasteiger partial charge in [-0.05, 0) is 48.4 Å². The highest BCUT2D eigenvalue weighted by molar-refractivity contribution is 6.30. The zero-order valence-corrected chi connectivity index (χ0v) is 13.7. The molecule has 1 heterocycles. The maximum Gasteiger partial charge on any atom is 0.294 e. The van der Waals surface area contributed by atoms with Crippen LogP contribution in [0, 0.1) is 0 Å². The molecule has 0 unspecified atom stereocenters. The number of carbonyl (C=O) groups excluding carboxylic acids is 1. The Bertz CT molecular complexity index is 787. The molecule has 0 atom stereocenters. The van der Waals surface area contributed by atoms with E-state index >= 15 is 0 Å². The van der Waals surface area contributed by atoms with Crippen LogP contribution in [0.25, 0.3) is 6.08 Å². The number of nitrogen functional groups attached to an aromatic ring is 1. The molecule has 5 nitrogen and oxygen atoms in total. The summed E-state index contributed by atoms with van der Waals surface area (Å²) < 4.78 is 5.76. The molecular weight excluding hydrogens is 328 g/mol. The number of benzene rings is 2. The zero-order valence-electron chi connectivity index (χ0n) is 12.9. The molecular formula is C18H17ClN2O3. The van der Waals surface area contributed by atoms with Crippen LogP contribution in [0.5, 0.6) is 5.75 Å². The van der Waals surface area contributed by atoms with Crippen molar-refractivity contribution in [3.63, 3.8) is 0 Å². The molecule has 1 aliphatic heterocycles. The first-order valence-corrected chi connectivity index (χ1v) is 7.93. The average molecular weight is 345 g/mol. The van der Waals surface area contributed by atoms with Crippen LogP contribution < -0.4 is 15.4 Å². The number of hydrogen-bond donors (Lipinski definition) is 2. The molecule has 6 heteroatoms. The highest BCUT2D eigenvalue weighted by Crippen LogP contribution is 2.37. The van der Waals surface area contributed by atoms with Crippen molar-refractivity contribution in [2.75, 3.05) is 23.8 Å². The number of halogens is 1. The monoisotopic (exact) mass is 344 g/mol. The van der Waals surface area contributed by atoms with Gasteiger partial charge >= 0.3 is 0 Å². The summed E-state index contributed by atoms with van der Waals surface area (Å²) in [5.41, 5.74) is 7.79. The fourth-order valence-corrected chi connectivity index (χ4v) is 2.61. The van der Waals surface area contributed by atoms with Gasteiger partial charge in [-0.15, -0.1) is 0 Å². The molecule has 124 valence electrons. The van der Waals surface area contributed by atoms with E-state index in [-0.39, 0.29) is 18.3 Å². The summed E-state index contributed by atoms with van der Waals surface area (Å²) in [4.78, 5) is 14.3. The Labute approximate surface area is 144 Å². The maximum absolute atomic E-state index is 12.8. The van der Waals surface area contributed by atoms with Crippen molar-refractivity contribution in [3.8, 4) is 5.75 Å². The minimum absolute atomic E-state index is 0.00147. The van der Waals surface area contributed by atoms with Gasteiger partial charge in [-0.1, -0.05) is 23.7 Å². The average Bonchev–Trinajstić information content (AvgIpc) is 2.57. The van der Waals surface area contributed by atoms with E-state index in [1.54, 1.807) is 41.3 Å². The normalized spacial score (nSPS) is 15.3. The number of rotatable bonds is 4. The SMILES string of the molecule is Nc1ccc2c(c1)N(CCCO)C(=O)/C(=C\c1ccc(Cl)cc1)O2. The van der Waals surface area contributed by atoms with Gasteiger partial charge in [0.15, 0.2) is 11.5 Å². The third-order valence-electron chi connectivity index (χ3n) is 3.66.